The smallest absolute Gasteiger partial charge is 0.307 e. The predicted octanol–water partition coefficient (Wildman–Crippen LogP) is 1.50. The summed E-state index contributed by atoms with van der Waals surface area (Å²) in [7, 11) is 0. The predicted molar refractivity (Wildman–Crippen MR) is 40.5 cm³/mol. The molecule has 0 fully saturated rings. The molecule has 0 amide bonds. The second kappa shape index (κ2) is 3.49. The van der Waals surface area contributed by atoms with Crippen molar-refractivity contribution in [3.63, 3.8) is 0 Å². The summed E-state index contributed by atoms with van der Waals surface area (Å²) in [4.78, 5) is 13.7. The van der Waals surface area contributed by atoms with E-state index in [0.29, 0.717) is 0 Å². The molecule has 0 aromatic carbocycles. The normalized spacial score (nSPS) is 9.83. The van der Waals surface area contributed by atoms with Crippen LogP contribution in [0.4, 0.5) is 4.39 Å². The first kappa shape index (κ1) is 8.93. The number of halogens is 2. The Morgan fingerprint density at radius 2 is 2.33 bits per heavy atom. The van der Waals surface area contributed by atoms with Crippen LogP contribution in [-0.4, -0.2) is 16.1 Å². The SMILES string of the molecule is O=C(O)Cc1cncc(F)c1Cl. The Balaban J connectivity index is 3.00. The van der Waals surface area contributed by atoms with Gasteiger partial charge in [0.2, 0.25) is 0 Å². The summed E-state index contributed by atoms with van der Waals surface area (Å²) in [5.74, 6) is -1.76. The van der Waals surface area contributed by atoms with Crippen molar-refractivity contribution in [2.75, 3.05) is 0 Å². The topological polar surface area (TPSA) is 50.2 Å². The van der Waals surface area contributed by atoms with Crippen LogP contribution in [0.3, 0.4) is 0 Å². The molecule has 0 bridgehead atoms. The van der Waals surface area contributed by atoms with Gasteiger partial charge in [-0.2, -0.15) is 0 Å². The zero-order chi connectivity index (χ0) is 9.14. The fourth-order valence-electron chi connectivity index (χ4n) is 0.746. The highest BCUT2D eigenvalue weighted by molar-refractivity contribution is 6.31. The Morgan fingerprint density at radius 1 is 1.67 bits per heavy atom. The molecular weight excluding hydrogens is 185 g/mol. The molecule has 0 aliphatic carbocycles. The van der Waals surface area contributed by atoms with E-state index >= 15 is 0 Å². The summed E-state index contributed by atoms with van der Waals surface area (Å²) in [6.45, 7) is 0. The molecule has 0 radical (unpaired) electrons. The zero-order valence-electron chi connectivity index (χ0n) is 5.92. The van der Waals surface area contributed by atoms with E-state index in [1.807, 2.05) is 0 Å². The minimum atomic E-state index is -1.07. The van der Waals surface area contributed by atoms with Gasteiger partial charge < -0.3 is 5.11 Å². The number of nitrogens with zero attached hydrogens (tertiary/aromatic N) is 1. The Hall–Kier alpha value is -1.16. The second-order valence-corrected chi connectivity index (χ2v) is 2.54. The molecule has 1 aromatic rings. The van der Waals surface area contributed by atoms with Crippen molar-refractivity contribution in [3.05, 3.63) is 28.8 Å². The number of aliphatic carboxylic acids is 1. The summed E-state index contributed by atoms with van der Waals surface area (Å²) >= 11 is 5.46. The maximum absolute atomic E-state index is 12.6. The van der Waals surface area contributed by atoms with Crippen molar-refractivity contribution in [1.82, 2.24) is 4.98 Å². The number of carbonyl (C=O) groups is 1. The van der Waals surface area contributed by atoms with E-state index in [1.165, 1.54) is 6.20 Å². The fraction of sp³-hybridized carbons (Fsp3) is 0.143. The van der Waals surface area contributed by atoms with Crippen molar-refractivity contribution in [1.29, 1.82) is 0 Å². The molecule has 1 aromatic heterocycles. The van der Waals surface area contributed by atoms with Crippen LogP contribution in [-0.2, 0) is 11.2 Å². The van der Waals surface area contributed by atoms with Crippen molar-refractivity contribution in [2.45, 2.75) is 6.42 Å². The van der Waals surface area contributed by atoms with Crippen molar-refractivity contribution < 1.29 is 14.3 Å². The van der Waals surface area contributed by atoms with Crippen LogP contribution in [0.15, 0.2) is 12.4 Å². The molecule has 1 heterocycles. The van der Waals surface area contributed by atoms with Gasteiger partial charge in [0.15, 0.2) is 5.82 Å². The first-order chi connectivity index (χ1) is 5.61. The van der Waals surface area contributed by atoms with Gasteiger partial charge in [-0.05, 0) is 0 Å². The van der Waals surface area contributed by atoms with Crippen molar-refractivity contribution in [3.8, 4) is 0 Å². The molecule has 0 unspecified atom stereocenters. The van der Waals surface area contributed by atoms with Crippen LogP contribution >= 0.6 is 11.6 Å². The molecule has 0 atom stereocenters. The molecule has 0 spiro atoms. The number of hydrogen-bond acceptors (Lipinski definition) is 2. The highest BCUT2D eigenvalue weighted by Crippen LogP contribution is 2.18. The van der Waals surface area contributed by atoms with Gasteiger partial charge in [0.25, 0.3) is 0 Å². The maximum Gasteiger partial charge on any atom is 0.307 e. The Bertz CT molecular complexity index is 316. The molecule has 0 aliphatic rings. The lowest BCUT2D eigenvalue weighted by Crippen LogP contribution is -2.02. The van der Waals surface area contributed by atoms with Gasteiger partial charge in [0.1, 0.15) is 0 Å². The fourth-order valence-corrected chi connectivity index (χ4v) is 0.910. The van der Waals surface area contributed by atoms with Crippen LogP contribution in [0, 0.1) is 5.82 Å². The Labute approximate surface area is 72.8 Å². The van der Waals surface area contributed by atoms with Crippen LogP contribution < -0.4 is 0 Å². The third-order valence-corrected chi connectivity index (χ3v) is 1.67. The molecule has 1 N–H and O–H groups in total. The third-order valence-electron chi connectivity index (χ3n) is 1.25. The lowest BCUT2D eigenvalue weighted by molar-refractivity contribution is -0.136. The van der Waals surface area contributed by atoms with Gasteiger partial charge >= 0.3 is 5.97 Å². The molecule has 5 heteroatoms. The average molecular weight is 190 g/mol. The summed E-state index contributed by atoms with van der Waals surface area (Å²) in [5.41, 5.74) is 0.184. The monoisotopic (exact) mass is 189 g/mol. The van der Waals surface area contributed by atoms with E-state index < -0.39 is 11.8 Å². The average Bonchev–Trinajstić information content (AvgIpc) is 1.98. The number of carboxylic acid groups (broad SMARTS) is 1. The van der Waals surface area contributed by atoms with Gasteiger partial charge in [-0.15, -0.1) is 0 Å². The van der Waals surface area contributed by atoms with Gasteiger partial charge in [-0.25, -0.2) is 4.39 Å². The van der Waals surface area contributed by atoms with Crippen LogP contribution in [0.1, 0.15) is 5.56 Å². The van der Waals surface area contributed by atoms with Gasteiger partial charge in [-0.3, -0.25) is 9.78 Å². The van der Waals surface area contributed by atoms with Crippen LogP contribution in [0.5, 0.6) is 0 Å². The zero-order valence-corrected chi connectivity index (χ0v) is 6.68. The molecular formula is C7H5ClFNO2. The maximum atomic E-state index is 12.6. The lowest BCUT2D eigenvalue weighted by atomic mass is 10.2. The minimum Gasteiger partial charge on any atom is -0.481 e. The Morgan fingerprint density at radius 3 is 2.92 bits per heavy atom. The summed E-state index contributed by atoms with van der Waals surface area (Å²) in [6, 6.07) is 0. The van der Waals surface area contributed by atoms with E-state index in [-0.39, 0.29) is 17.0 Å². The van der Waals surface area contributed by atoms with E-state index in [9.17, 15) is 9.18 Å². The number of pyridine rings is 1. The second-order valence-electron chi connectivity index (χ2n) is 2.16. The van der Waals surface area contributed by atoms with E-state index in [2.05, 4.69) is 4.98 Å². The largest absolute Gasteiger partial charge is 0.481 e. The third kappa shape index (κ3) is 1.92. The highest BCUT2D eigenvalue weighted by Gasteiger charge is 2.09. The molecule has 3 nitrogen and oxygen atoms in total. The van der Waals surface area contributed by atoms with Crippen molar-refractivity contribution >= 4 is 17.6 Å². The molecule has 1 rings (SSSR count). The van der Waals surface area contributed by atoms with Crippen molar-refractivity contribution in [2.24, 2.45) is 0 Å². The Kier molecular flexibility index (Phi) is 2.60. The van der Waals surface area contributed by atoms with E-state index in [0.717, 1.165) is 6.20 Å². The highest BCUT2D eigenvalue weighted by atomic mass is 35.5. The molecule has 0 saturated carbocycles. The summed E-state index contributed by atoms with van der Waals surface area (Å²) in [6.07, 6.45) is 1.86. The van der Waals surface area contributed by atoms with E-state index in [4.69, 9.17) is 16.7 Å². The summed E-state index contributed by atoms with van der Waals surface area (Å²) < 4.78 is 12.6. The molecule has 64 valence electrons. The van der Waals surface area contributed by atoms with Crippen LogP contribution in [0.25, 0.3) is 0 Å². The number of hydrogen-bond donors (Lipinski definition) is 1. The van der Waals surface area contributed by atoms with Gasteiger partial charge in [-0.1, -0.05) is 11.6 Å². The molecule has 0 aliphatic heterocycles. The molecule has 12 heavy (non-hydrogen) atoms. The number of aromatic nitrogens is 1. The van der Waals surface area contributed by atoms with E-state index in [1.54, 1.807) is 0 Å². The standard InChI is InChI=1S/C7H5ClFNO2/c8-7-4(1-6(11)12)2-10-3-5(7)9/h2-3H,1H2,(H,11,12). The quantitative estimate of drug-likeness (QED) is 0.767. The number of rotatable bonds is 2. The minimum absolute atomic E-state index is 0.174. The van der Waals surface area contributed by atoms with Gasteiger partial charge in [0.05, 0.1) is 17.6 Å². The summed E-state index contributed by atoms with van der Waals surface area (Å²) in [5, 5.41) is 8.20. The first-order valence-corrected chi connectivity index (χ1v) is 3.48. The lowest BCUT2D eigenvalue weighted by Gasteiger charge is -1.99. The van der Waals surface area contributed by atoms with Gasteiger partial charge in [0, 0.05) is 11.8 Å². The van der Waals surface area contributed by atoms with Crippen LogP contribution in [0.2, 0.25) is 5.02 Å². The number of carboxylic acids is 1. The molecule has 0 saturated heterocycles. The first-order valence-electron chi connectivity index (χ1n) is 3.11.